The van der Waals surface area contributed by atoms with E-state index in [2.05, 4.69) is 27.7 Å². The first-order valence-corrected chi connectivity index (χ1v) is 9.78. The van der Waals surface area contributed by atoms with Crippen LogP contribution in [-0.2, 0) is 0 Å². The van der Waals surface area contributed by atoms with Gasteiger partial charge in [0.25, 0.3) is 11.6 Å². The first-order chi connectivity index (χ1) is 12.5. The standard InChI is InChI=1S/C18H20ClN3O3S/c19-16-12-14(22(24)25)3-4-15(16)18(23)20-7-10-21-8-5-13(6-9-21)17-2-1-11-26-17/h1-4,11-13H,5-10H2,(H,20,23). The lowest BCUT2D eigenvalue weighted by Gasteiger charge is -2.31. The summed E-state index contributed by atoms with van der Waals surface area (Å²) in [6.07, 6.45) is 2.28. The number of carbonyl (C=O) groups is 1. The summed E-state index contributed by atoms with van der Waals surface area (Å²) in [6, 6.07) is 8.19. The van der Waals surface area contributed by atoms with E-state index in [0.29, 0.717) is 12.5 Å². The molecule has 1 N–H and O–H groups in total. The number of nitro benzene ring substituents is 1. The molecule has 3 rings (SSSR count). The van der Waals surface area contributed by atoms with E-state index in [0.717, 1.165) is 32.5 Å². The van der Waals surface area contributed by atoms with Gasteiger partial charge in [-0.3, -0.25) is 14.9 Å². The van der Waals surface area contributed by atoms with E-state index in [1.807, 2.05) is 11.3 Å². The molecule has 0 aliphatic carbocycles. The lowest BCUT2D eigenvalue weighted by atomic mass is 9.95. The summed E-state index contributed by atoms with van der Waals surface area (Å²) < 4.78 is 0. The molecule has 1 aliphatic rings. The van der Waals surface area contributed by atoms with Gasteiger partial charge in [-0.15, -0.1) is 11.3 Å². The number of halogens is 1. The van der Waals surface area contributed by atoms with Crippen LogP contribution in [-0.4, -0.2) is 41.9 Å². The first-order valence-electron chi connectivity index (χ1n) is 8.52. The van der Waals surface area contributed by atoms with Crippen LogP contribution in [0.5, 0.6) is 0 Å². The van der Waals surface area contributed by atoms with Gasteiger partial charge in [0.2, 0.25) is 0 Å². The maximum Gasteiger partial charge on any atom is 0.270 e. The van der Waals surface area contributed by atoms with Crippen LogP contribution in [0.3, 0.4) is 0 Å². The van der Waals surface area contributed by atoms with Crippen molar-refractivity contribution in [1.82, 2.24) is 10.2 Å². The molecule has 0 saturated carbocycles. The Morgan fingerprint density at radius 2 is 2.12 bits per heavy atom. The Morgan fingerprint density at radius 3 is 2.73 bits per heavy atom. The molecule has 1 aliphatic heterocycles. The van der Waals surface area contributed by atoms with Crippen molar-refractivity contribution in [3.63, 3.8) is 0 Å². The fourth-order valence-electron chi connectivity index (χ4n) is 3.19. The lowest BCUT2D eigenvalue weighted by molar-refractivity contribution is -0.384. The molecule has 1 amide bonds. The van der Waals surface area contributed by atoms with E-state index in [9.17, 15) is 14.9 Å². The molecular weight excluding hydrogens is 374 g/mol. The molecule has 1 fully saturated rings. The Morgan fingerprint density at radius 1 is 1.35 bits per heavy atom. The molecule has 1 aromatic carbocycles. The van der Waals surface area contributed by atoms with Gasteiger partial charge >= 0.3 is 0 Å². The molecule has 0 atom stereocenters. The fourth-order valence-corrected chi connectivity index (χ4v) is 4.35. The van der Waals surface area contributed by atoms with Crippen molar-refractivity contribution in [2.24, 2.45) is 0 Å². The van der Waals surface area contributed by atoms with Crippen molar-refractivity contribution >= 4 is 34.5 Å². The maximum absolute atomic E-state index is 12.2. The van der Waals surface area contributed by atoms with Gasteiger partial charge in [0.1, 0.15) is 0 Å². The van der Waals surface area contributed by atoms with Crippen molar-refractivity contribution < 1.29 is 9.72 Å². The molecule has 138 valence electrons. The highest BCUT2D eigenvalue weighted by Crippen LogP contribution is 2.30. The molecule has 1 aromatic heterocycles. The average Bonchev–Trinajstić information content (AvgIpc) is 3.16. The van der Waals surface area contributed by atoms with Crippen LogP contribution in [0.4, 0.5) is 5.69 Å². The lowest BCUT2D eigenvalue weighted by Crippen LogP contribution is -2.39. The highest BCUT2D eigenvalue weighted by atomic mass is 35.5. The molecular formula is C18H20ClN3O3S. The van der Waals surface area contributed by atoms with Gasteiger partial charge in [-0.2, -0.15) is 0 Å². The zero-order chi connectivity index (χ0) is 18.5. The van der Waals surface area contributed by atoms with Crippen molar-refractivity contribution in [2.45, 2.75) is 18.8 Å². The number of nitrogens with zero attached hydrogens (tertiary/aromatic N) is 2. The van der Waals surface area contributed by atoms with E-state index in [1.165, 1.54) is 23.1 Å². The molecule has 1 saturated heterocycles. The summed E-state index contributed by atoms with van der Waals surface area (Å²) in [5.41, 5.74) is 0.133. The summed E-state index contributed by atoms with van der Waals surface area (Å²) >= 11 is 7.81. The second-order valence-electron chi connectivity index (χ2n) is 6.31. The number of piperidine rings is 1. The van der Waals surface area contributed by atoms with E-state index in [1.54, 1.807) is 0 Å². The molecule has 2 aromatic rings. The number of hydrogen-bond acceptors (Lipinski definition) is 5. The second-order valence-corrected chi connectivity index (χ2v) is 7.69. The van der Waals surface area contributed by atoms with Crippen LogP contribution in [0.15, 0.2) is 35.7 Å². The summed E-state index contributed by atoms with van der Waals surface area (Å²) in [7, 11) is 0. The van der Waals surface area contributed by atoms with Crippen molar-refractivity contribution in [3.05, 3.63) is 61.3 Å². The van der Waals surface area contributed by atoms with Crippen molar-refractivity contribution in [2.75, 3.05) is 26.2 Å². The van der Waals surface area contributed by atoms with Crippen molar-refractivity contribution in [1.29, 1.82) is 0 Å². The van der Waals surface area contributed by atoms with E-state index in [4.69, 9.17) is 11.6 Å². The Kier molecular flexibility index (Phi) is 6.24. The Labute approximate surface area is 160 Å². The third kappa shape index (κ3) is 4.60. The van der Waals surface area contributed by atoms with Gasteiger partial charge in [-0.1, -0.05) is 17.7 Å². The molecule has 0 unspecified atom stereocenters. The highest BCUT2D eigenvalue weighted by molar-refractivity contribution is 7.10. The number of non-ortho nitro benzene ring substituents is 1. The minimum absolute atomic E-state index is 0.0912. The fraction of sp³-hybridized carbons (Fsp3) is 0.389. The number of nitrogens with one attached hydrogen (secondary N) is 1. The van der Waals surface area contributed by atoms with Gasteiger partial charge in [0, 0.05) is 30.1 Å². The summed E-state index contributed by atoms with van der Waals surface area (Å²) in [5, 5.41) is 15.8. The number of amides is 1. The molecule has 0 radical (unpaired) electrons. The van der Waals surface area contributed by atoms with Gasteiger partial charge in [-0.25, -0.2) is 0 Å². The SMILES string of the molecule is O=C(NCCN1CCC(c2cccs2)CC1)c1ccc([N+](=O)[O-])cc1Cl. The van der Waals surface area contributed by atoms with Gasteiger partial charge < -0.3 is 10.2 Å². The first kappa shape index (κ1) is 18.8. The van der Waals surface area contributed by atoms with Crippen LogP contribution >= 0.6 is 22.9 Å². The second kappa shape index (κ2) is 8.62. The number of likely N-dealkylation sites (tertiary alicyclic amines) is 1. The predicted molar refractivity (Wildman–Crippen MR) is 103 cm³/mol. The molecule has 6 nitrogen and oxygen atoms in total. The Hall–Kier alpha value is -1.96. The minimum Gasteiger partial charge on any atom is -0.351 e. The molecule has 0 spiro atoms. The zero-order valence-electron chi connectivity index (χ0n) is 14.2. The van der Waals surface area contributed by atoms with Crippen LogP contribution in [0.25, 0.3) is 0 Å². The summed E-state index contributed by atoms with van der Waals surface area (Å²) in [5.74, 6) is 0.345. The quantitative estimate of drug-likeness (QED) is 0.596. The van der Waals surface area contributed by atoms with Crippen LogP contribution in [0.2, 0.25) is 5.02 Å². The molecule has 26 heavy (non-hydrogen) atoms. The Bertz CT molecular complexity index is 774. The third-order valence-electron chi connectivity index (χ3n) is 4.65. The number of hydrogen-bond donors (Lipinski definition) is 1. The van der Waals surface area contributed by atoms with Gasteiger partial charge in [-0.05, 0) is 49.4 Å². The zero-order valence-corrected chi connectivity index (χ0v) is 15.8. The minimum atomic E-state index is -0.534. The smallest absolute Gasteiger partial charge is 0.270 e. The number of nitro groups is 1. The van der Waals surface area contributed by atoms with E-state index < -0.39 is 4.92 Å². The van der Waals surface area contributed by atoms with E-state index >= 15 is 0 Å². The van der Waals surface area contributed by atoms with Crippen LogP contribution in [0, 0.1) is 10.1 Å². The number of carbonyl (C=O) groups excluding carboxylic acids is 1. The van der Waals surface area contributed by atoms with E-state index in [-0.39, 0.29) is 22.2 Å². The van der Waals surface area contributed by atoms with Gasteiger partial charge in [0.15, 0.2) is 0 Å². The van der Waals surface area contributed by atoms with Crippen LogP contribution in [0.1, 0.15) is 34.0 Å². The monoisotopic (exact) mass is 393 g/mol. The molecule has 2 heterocycles. The Balaban J connectivity index is 1.44. The summed E-state index contributed by atoms with van der Waals surface area (Å²) in [6.45, 7) is 3.36. The number of benzene rings is 1. The van der Waals surface area contributed by atoms with Crippen LogP contribution < -0.4 is 5.32 Å². The third-order valence-corrected chi connectivity index (χ3v) is 6.00. The number of rotatable bonds is 6. The topological polar surface area (TPSA) is 75.5 Å². The maximum atomic E-state index is 12.2. The van der Waals surface area contributed by atoms with Crippen molar-refractivity contribution in [3.8, 4) is 0 Å². The average molecular weight is 394 g/mol. The molecule has 8 heteroatoms. The predicted octanol–water partition coefficient (Wildman–Crippen LogP) is 3.92. The van der Waals surface area contributed by atoms with Gasteiger partial charge in [0.05, 0.1) is 15.5 Å². The largest absolute Gasteiger partial charge is 0.351 e. The normalized spacial score (nSPS) is 15.7. The number of thiophene rings is 1. The molecule has 0 bridgehead atoms. The highest BCUT2D eigenvalue weighted by Gasteiger charge is 2.21. The summed E-state index contributed by atoms with van der Waals surface area (Å²) in [4.78, 5) is 26.2.